The number of carbonyl (C=O) groups excluding carboxylic acids is 3. The maximum Gasteiger partial charge on any atom is 0.324 e. The van der Waals surface area contributed by atoms with Crippen molar-refractivity contribution >= 4 is 17.9 Å². The summed E-state index contributed by atoms with van der Waals surface area (Å²) in [6, 6.07) is 0. The van der Waals surface area contributed by atoms with E-state index in [0.717, 1.165) is 0 Å². The van der Waals surface area contributed by atoms with Crippen LogP contribution in [0.4, 0.5) is 0 Å². The minimum absolute atomic E-state index is 0.0607. The van der Waals surface area contributed by atoms with Crippen molar-refractivity contribution in [2.45, 2.75) is 20.1 Å². The van der Waals surface area contributed by atoms with Crippen LogP contribution in [0, 0.1) is 17.3 Å². The van der Waals surface area contributed by atoms with Gasteiger partial charge < -0.3 is 23.7 Å². The maximum atomic E-state index is 12.4. The fourth-order valence-corrected chi connectivity index (χ4v) is 2.75. The Bertz CT molecular complexity index is 411. The molecule has 0 amide bonds. The summed E-state index contributed by atoms with van der Waals surface area (Å²) in [6.45, 7) is 3.33. The molecule has 22 heavy (non-hydrogen) atoms. The second-order valence-electron chi connectivity index (χ2n) is 4.68. The Morgan fingerprint density at radius 3 is 1.73 bits per heavy atom. The van der Waals surface area contributed by atoms with E-state index in [1.54, 1.807) is 13.8 Å². The van der Waals surface area contributed by atoms with Gasteiger partial charge in [-0.05, 0) is 13.8 Å². The fraction of sp³-hybridized carbons (Fsp3) is 0.786. The Morgan fingerprint density at radius 1 is 0.955 bits per heavy atom. The summed E-state index contributed by atoms with van der Waals surface area (Å²) in [5.41, 5.74) is -1.80. The van der Waals surface area contributed by atoms with Gasteiger partial charge in [-0.3, -0.25) is 14.4 Å². The molecule has 1 aliphatic carbocycles. The third kappa shape index (κ3) is 2.80. The molecule has 2 atom stereocenters. The van der Waals surface area contributed by atoms with Gasteiger partial charge in [0.2, 0.25) is 0 Å². The summed E-state index contributed by atoms with van der Waals surface area (Å²) in [6.07, 6.45) is -0.946. The van der Waals surface area contributed by atoms with Crippen LogP contribution in [0.5, 0.6) is 0 Å². The summed E-state index contributed by atoms with van der Waals surface area (Å²) in [7, 11) is 3.87. The van der Waals surface area contributed by atoms with Crippen LogP contribution in [0.25, 0.3) is 0 Å². The summed E-state index contributed by atoms with van der Waals surface area (Å²) < 4.78 is 24.9. The zero-order valence-corrected chi connectivity index (χ0v) is 13.4. The van der Waals surface area contributed by atoms with Gasteiger partial charge in [-0.25, -0.2) is 0 Å². The molecule has 0 radical (unpaired) electrons. The first kappa shape index (κ1) is 18.4. The molecule has 0 aromatic carbocycles. The molecule has 1 fully saturated rings. The highest BCUT2D eigenvalue weighted by Crippen LogP contribution is 2.63. The van der Waals surface area contributed by atoms with E-state index in [2.05, 4.69) is 4.74 Å². The van der Waals surface area contributed by atoms with E-state index in [0.29, 0.717) is 0 Å². The lowest BCUT2D eigenvalue weighted by molar-refractivity contribution is -0.172. The molecule has 0 aromatic rings. The van der Waals surface area contributed by atoms with Crippen molar-refractivity contribution in [2.75, 3.05) is 34.5 Å². The highest BCUT2D eigenvalue weighted by molar-refractivity contribution is 6.10. The number of carbonyl (C=O) groups is 3. The van der Waals surface area contributed by atoms with Crippen molar-refractivity contribution in [3.63, 3.8) is 0 Å². The van der Waals surface area contributed by atoms with Crippen molar-refractivity contribution < 1.29 is 38.1 Å². The highest BCUT2D eigenvalue weighted by Gasteiger charge is 2.82. The largest absolute Gasteiger partial charge is 0.469 e. The van der Waals surface area contributed by atoms with E-state index >= 15 is 0 Å². The second kappa shape index (κ2) is 7.55. The lowest BCUT2D eigenvalue weighted by atomic mass is 10.0. The van der Waals surface area contributed by atoms with Crippen molar-refractivity contribution in [3.8, 4) is 0 Å². The first-order valence-electron chi connectivity index (χ1n) is 6.95. The van der Waals surface area contributed by atoms with E-state index in [1.165, 1.54) is 21.3 Å². The molecule has 8 nitrogen and oxygen atoms in total. The van der Waals surface area contributed by atoms with Crippen molar-refractivity contribution in [2.24, 2.45) is 17.3 Å². The lowest BCUT2D eigenvalue weighted by Gasteiger charge is -2.18. The van der Waals surface area contributed by atoms with Gasteiger partial charge in [0, 0.05) is 14.2 Å². The van der Waals surface area contributed by atoms with Gasteiger partial charge in [-0.15, -0.1) is 0 Å². The minimum Gasteiger partial charge on any atom is -0.469 e. The number of rotatable bonds is 8. The van der Waals surface area contributed by atoms with Crippen LogP contribution in [-0.4, -0.2) is 58.7 Å². The molecule has 0 bridgehead atoms. The molecule has 0 spiro atoms. The van der Waals surface area contributed by atoms with Crippen LogP contribution in [0.2, 0.25) is 0 Å². The normalized spacial score (nSPS) is 22.1. The molecular formula is C14H22O8. The van der Waals surface area contributed by atoms with Crippen molar-refractivity contribution in [1.29, 1.82) is 0 Å². The van der Waals surface area contributed by atoms with E-state index in [4.69, 9.17) is 18.9 Å². The van der Waals surface area contributed by atoms with E-state index in [-0.39, 0.29) is 13.2 Å². The number of hydrogen-bond donors (Lipinski definition) is 0. The molecular weight excluding hydrogens is 296 g/mol. The van der Waals surface area contributed by atoms with Crippen LogP contribution in [0.15, 0.2) is 0 Å². The van der Waals surface area contributed by atoms with Crippen LogP contribution in [0.3, 0.4) is 0 Å². The summed E-state index contributed by atoms with van der Waals surface area (Å²) >= 11 is 0. The third-order valence-electron chi connectivity index (χ3n) is 3.71. The Kier molecular flexibility index (Phi) is 6.31. The Morgan fingerprint density at radius 2 is 1.41 bits per heavy atom. The van der Waals surface area contributed by atoms with Gasteiger partial charge in [0.1, 0.15) is 0 Å². The smallest absolute Gasteiger partial charge is 0.324 e. The van der Waals surface area contributed by atoms with Gasteiger partial charge >= 0.3 is 17.9 Å². The van der Waals surface area contributed by atoms with Gasteiger partial charge in [0.25, 0.3) is 0 Å². The fourth-order valence-electron chi connectivity index (χ4n) is 2.75. The number of esters is 3. The molecule has 0 saturated heterocycles. The van der Waals surface area contributed by atoms with Crippen LogP contribution < -0.4 is 0 Å². The average Bonchev–Trinajstić information content (AvgIpc) is 3.19. The summed E-state index contributed by atoms with van der Waals surface area (Å²) in [4.78, 5) is 36.8. The predicted molar refractivity (Wildman–Crippen MR) is 72.5 cm³/mol. The van der Waals surface area contributed by atoms with Crippen LogP contribution in [0.1, 0.15) is 13.8 Å². The second-order valence-corrected chi connectivity index (χ2v) is 4.68. The monoisotopic (exact) mass is 318 g/mol. The molecule has 0 unspecified atom stereocenters. The number of hydrogen-bond acceptors (Lipinski definition) is 8. The van der Waals surface area contributed by atoms with Crippen LogP contribution in [-0.2, 0) is 38.1 Å². The van der Waals surface area contributed by atoms with Gasteiger partial charge in [-0.2, -0.15) is 0 Å². The number of ether oxygens (including phenoxy) is 5. The molecule has 0 aromatic heterocycles. The van der Waals surface area contributed by atoms with Crippen LogP contribution >= 0.6 is 0 Å². The molecule has 1 aliphatic rings. The zero-order valence-electron chi connectivity index (χ0n) is 13.4. The average molecular weight is 318 g/mol. The van der Waals surface area contributed by atoms with Crippen molar-refractivity contribution in [3.05, 3.63) is 0 Å². The molecule has 0 aliphatic heterocycles. The van der Waals surface area contributed by atoms with E-state index in [1.807, 2.05) is 0 Å². The molecule has 8 heteroatoms. The lowest BCUT2D eigenvalue weighted by Crippen LogP contribution is -2.36. The van der Waals surface area contributed by atoms with E-state index in [9.17, 15) is 14.4 Å². The third-order valence-corrected chi connectivity index (χ3v) is 3.71. The highest BCUT2D eigenvalue weighted by atomic mass is 16.7. The van der Waals surface area contributed by atoms with E-state index < -0.39 is 41.4 Å². The SMILES string of the molecule is CCOC(=O)C1(C(=O)OCC)[C@H](C(OC)OC)[C@@H]1C(=O)OC. The first-order chi connectivity index (χ1) is 10.5. The first-order valence-corrected chi connectivity index (χ1v) is 6.95. The standard InChI is InChI=1S/C14H22O8/c1-6-21-12(16)14(13(17)22-7-2)8(10(15)18-3)9(14)11(19-4)20-5/h8-9,11H,6-7H2,1-5H3/t8-,9+/m1/s1. The summed E-state index contributed by atoms with van der Waals surface area (Å²) in [5, 5.41) is 0. The molecule has 1 rings (SSSR count). The Hall–Kier alpha value is -1.67. The molecule has 1 saturated carbocycles. The van der Waals surface area contributed by atoms with Gasteiger partial charge in [0.05, 0.1) is 32.2 Å². The Balaban J connectivity index is 3.28. The summed E-state index contributed by atoms with van der Waals surface area (Å²) in [5.74, 6) is -4.33. The quantitative estimate of drug-likeness (QED) is 0.270. The van der Waals surface area contributed by atoms with Crippen molar-refractivity contribution in [1.82, 2.24) is 0 Å². The maximum absolute atomic E-state index is 12.4. The molecule has 126 valence electrons. The topological polar surface area (TPSA) is 97.4 Å². The Labute approximate surface area is 129 Å². The van der Waals surface area contributed by atoms with Gasteiger partial charge in [-0.1, -0.05) is 0 Å². The number of methoxy groups -OCH3 is 3. The minimum atomic E-state index is -1.80. The predicted octanol–water partition coefficient (Wildman–Crippen LogP) is 0.137. The zero-order chi connectivity index (χ0) is 16.9. The van der Waals surface area contributed by atoms with Gasteiger partial charge in [0.15, 0.2) is 11.7 Å². The molecule has 0 N–H and O–H groups in total. The molecule has 0 heterocycles.